The summed E-state index contributed by atoms with van der Waals surface area (Å²) in [4.78, 5) is 27.2. The molecule has 0 unspecified atom stereocenters. The molecule has 1 fully saturated rings. The van der Waals surface area contributed by atoms with Gasteiger partial charge in [0.1, 0.15) is 0 Å². The number of rotatable bonds is 4. The fourth-order valence-corrected chi connectivity index (χ4v) is 2.41. The van der Waals surface area contributed by atoms with E-state index in [4.69, 9.17) is 0 Å². The Bertz CT molecular complexity index is 491. The molecule has 1 aromatic carbocycles. The molecule has 0 spiro atoms. The Labute approximate surface area is 125 Å². The van der Waals surface area contributed by atoms with Gasteiger partial charge in [-0.15, -0.1) is 0 Å². The van der Waals surface area contributed by atoms with Gasteiger partial charge in [-0.05, 0) is 19.1 Å². The van der Waals surface area contributed by atoms with Crippen molar-refractivity contribution in [2.75, 3.05) is 38.0 Å². The van der Waals surface area contributed by atoms with E-state index in [1.807, 2.05) is 36.1 Å². The molecular weight excluding hydrogens is 266 g/mol. The van der Waals surface area contributed by atoms with Gasteiger partial charge in [-0.25, -0.2) is 0 Å². The maximum atomic E-state index is 11.9. The third-order valence-electron chi connectivity index (χ3n) is 3.81. The standard InChI is InChI=1S/C16H23N3O2/c1-13-3-5-15(6-4-13)17-16(21)7-8-18-9-11-19(12-10-18)14(2)20/h3-6H,7-12H2,1-2H3,(H,17,21). The highest BCUT2D eigenvalue weighted by Crippen LogP contribution is 2.09. The minimum Gasteiger partial charge on any atom is -0.340 e. The van der Waals surface area contributed by atoms with Gasteiger partial charge in [0.05, 0.1) is 0 Å². The summed E-state index contributed by atoms with van der Waals surface area (Å²) in [6.45, 7) is 7.57. The largest absolute Gasteiger partial charge is 0.340 e. The van der Waals surface area contributed by atoms with Gasteiger partial charge in [0.15, 0.2) is 0 Å². The van der Waals surface area contributed by atoms with Crippen molar-refractivity contribution in [3.8, 4) is 0 Å². The van der Waals surface area contributed by atoms with Crippen molar-refractivity contribution < 1.29 is 9.59 Å². The first-order valence-corrected chi connectivity index (χ1v) is 7.39. The number of anilines is 1. The second-order valence-corrected chi connectivity index (χ2v) is 5.51. The SMILES string of the molecule is CC(=O)N1CCN(CCC(=O)Nc2ccc(C)cc2)CC1. The van der Waals surface area contributed by atoms with Crippen LogP contribution in [0.2, 0.25) is 0 Å². The maximum Gasteiger partial charge on any atom is 0.225 e. The summed E-state index contributed by atoms with van der Waals surface area (Å²) in [5.41, 5.74) is 2.02. The fraction of sp³-hybridized carbons (Fsp3) is 0.500. The Morgan fingerprint density at radius 1 is 1.10 bits per heavy atom. The van der Waals surface area contributed by atoms with Crippen LogP contribution in [0.3, 0.4) is 0 Å². The summed E-state index contributed by atoms with van der Waals surface area (Å²) in [7, 11) is 0. The molecule has 5 heteroatoms. The van der Waals surface area contributed by atoms with Crippen LogP contribution in [-0.2, 0) is 9.59 Å². The Morgan fingerprint density at radius 3 is 2.29 bits per heavy atom. The fourth-order valence-electron chi connectivity index (χ4n) is 2.41. The zero-order valence-corrected chi connectivity index (χ0v) is 12.8. The van der Waals surface area contributed by atoms with Crippen molar-refractivity contribution in [3.63, 3.8) is 0 Å². The quantitative estimate of drug-likeness (QED) is 0.913. The molecule has 0 saturated carbocycles. The smallest absolute Gasteiger partial charge is 0.225 e. The Balaban J connectivity index is 1.70. The molecule has 2 amide bonds. The third-order valence-corrected chi connectivity index (χ3v) is 3.81. The average Bonchev–Trinajstić information content (AvgIpc) is 2.48. The van der Waals surface area contributed by atoms with Crippen LogP contribution in [0, 0.1) is 6.92 Å². The first-order chi connectivity index (χ1) is 10.0. The van der Waals surface area contributed by atoms with Crippen molar-refractivity contribution in [1.29, 1.82) is 0 Å². The maximum absolute atomic E-state index is 11.9. The number of aryl methyl sites for hydroxylation is 1. The molecule has 1 N–H and O–H groups in total. The first-order valence-electron chi connectivity index (χ1n) is 7.39. The van der Waals surface area contributed by atoms with Gasteiger partial charge in [-0.1, -0.05) is 17.7 Å². The van der Waals surface area contributed by atoms with Gasteiger partial charge in [0.25, 0.3) is 0 Å². The van der Waals surface area contributed by atoms with Gasteiger partial charge < -0.3 is 10.2 Å². The van der Waals surface area contributed by atoms with E-state index in [0.717, 1.165) is 38.4 Å². The number of carbonyl (C=O) groups excluding carboxylic acids is 2. The van der Waals surface area contributed by atoms with Crippen LogP contribution in [0.5, 0.6) is 0 Å². The van der Waals surface area contributed by atoms with Crippen LogP contribution < -0.4 is 5.32 Å². The Morgan fingerprint density at radius 2 is 1.71 bits per heavy atom. The van der Waals surface area contributed by atoms with E-state index in [-0.39, 0.29) is 11.8 Å². The highest BCUT2D eigenvalue weighted by Gasteiger charge is 2.18. The van der Waals surface area contributed by atoms with Crippen molar-refractivity contribution in [3.05, 3.63) is 29.8 Å². The van der Waals surface area contributed by atoms with Crippen molar-refractivity contribution in [2.24, 2.45) is 0 Å². The molecule has 0 radical (unpaired) electrons. The third kappa shape index (κ3) is 4.86. The Kier molecular flexibility index (Phi) is 5.33. The normalized spacial score (nSPS) is 15.8. The highest BCUT2D eigenvalue weighted by atomic mass is 16.2. The number of amides is 2. The van der Waals surface area contributed by atoms with Crippen LogP contribution >= 0.6 is 0 Å². The molecule has 1 aromatic rings. The van der Waals surface area contributed by atoms with Crippen molar-refractivity contribution in [1.82, 2.24) is 9.80 Å². The average molecular weight is 289 g/mol. The number of piperazine rings is 1. The molecular formula is C16H23N3O2. The van der Waals surface area contributed by atoms with Crippen LogP contribution in [0.25, 0.3) is 0 Å². The van der Waals surface area contributed by atoms with E-state index in [9.17, 15) is 9.59 Å². The molecule has 21 heavy (non-hydrogen) atoms. The lowest BCUT2D eigenvalue weighted by molar-refractivity contribution is -0.130. The van der Waals surface area contributed by atoms with Gasteiger partial charge in [0, 0.05) is 51.8 Å². The molecule has 1 aliphatic rings. The predicted molar refractivity (Wildman–Crippen MR) is 83.1 cm³/mol. The van der Waals surface area contributed by atoms with Crippen molar-refractivity contribution >= 4 is 17.5 Å². The zero-order valence-electron chi connectivity index (χ0n) is 12.8. The molecule has 0 bridgehead atoms. The van der Waals surface area contributed by atoms with Crippen LogP contribution in [0.4, 0.5) is 5.69 Å². The number of nitrogens with one attached hydrogen (secondary N) is 1. The number of nitrogens with zero attached hydrogens (tertiary/aromatic N) is 2. The molecule has 114 valence electrons. The zero-order chi connectivity index (χ0) is 15.2. The minimum absolute atomic E-state index is 0.0350. The van der Waals surface area contributed by atoms with E-state index in [1.165, 1.54) is 5.56 Å². The van der Waals surface area contributed by atoms with Gasteiger partial charge in [-0.2, -0.15) is 0 Å². The lowest BCUT2D eigenvalue weighted by atomic mass is 10.2. The van der Waals surface area contributed by atoms with E-state index >= 15 is 0 Å². The molecule has 1 saturated heterocycles. The van der Waals surface area contributed by atoms with Gasteiger partial charge >= 0.3 is 0 Å². The summed E-state index contributed by atoms with van der Waals surface area (Å²) in [5, 5.41) is 2.91. The topological polar surface area (TPSA) is 52.7 Å². The van der Waals surface area contributed by atoms with E-state index in [2.05, 4.69) is 10.2 Å². The molecule has 1 aliphatic heterocycles. The highest BCUT2D eigenvalue weighted by molar-refractivity contribution is 5.90. The van der Waals surface area contributed by atoms with E-state index in [0.29, 0.717) is 6.42 Å². The molecule has 0 aromatic heterocycles. The summed E-state index contributed by atoms with van der Waals surface area (Å²) >= 11 is 0. The van der Waals surface area contributed by atoms with Gasteiger partial charge in [0.2, 0.25) is 11.8 Å². The predicted octanol–water partition coefficient (Wildman–Crippen LogP) is 1.49. The second-order valence-electron chi connectivity index (χ2n) is 5.51. The molecule has 2 rings (SSSR count). The molecule has 5 nitrogen and oxygen atoms in total. The summed E-state index contributed by atoms with van der Waals surface area (Å²) < 4.78 is 0. The minimum atomic E-state index is 0.0350. The monoisotopic (exact) mass is 289 g/mol. The van der Waals surface area contributed by atoms with E-state index in [1.54, 1.807) is 6.92 Å². The second kappa shape index (κ2) is 7.22. The Hall–Kier alpha value is -1.88. The number of benzene rings is 1. The van der Waals surface area contributed by atoms with Crippen LogP contribution in [0.15, 0.2) is 24.3 Å². The number of hydrogen-bond acceptors (Lipinski definition) is 3. The molecule has 0 aliphatic carbocycles. The molecule has 0 atom stereocenters. The summed E-state index contributed by atoms with van der Waals surface area (Å²) in [5.74, 6) is 0.166. The number of carbonyl (C=O) groups is 2. The van der Waals surface area contributed by atoms with Crippen LogP contribution in [-0.4, -0.2) is 54.3 Å². The molecule has 1 heterocycles. The number of hydrogen-bond donors (Lipinski definition) is 1. The lowest BCUT2D eigenvalue weighted by Gasteiger charge is -2.34. The van der Waals surface area contributed by atoms with Gasteiger partial charge in [-0.3, -0.25) is 14.5 Å². The van der Waals surface area contributed by atoms with Crippen molar-refractivity contribution in [2.45, 2.75) is 20.3 Å². The first kappa shape index (κ1) is 15.5. The lowest BCUT2D eigenvalue weighted by Crippen LogP contribution is -2.48. The van der Waals surface area contributed by atoms with E-state index < -0.39 is 0 Å². The summed E-state index contributed by atoms with van der Waals surface area (Å²) in [6, 6.07) is 7.80. The summed E-state index contributed by atoms with van der Waals surface area (Å²) in [6.07, 6.45) is 0.480. The van der Waals surface area contributed by atoms with Crippen LogP contribution in [0.1, 0.15) is 18.9 Å².